The zero-order valence-electron chi connectivity index (χ0n) is 15.2. The number of fused-ring (bicyclic) bond motifs is 1. The van der Waals surface area contributed by atoms with Gasteiger partial charge in [-0.25, -0.2) is 9.67 Å². The van der Waals surface area contributed by atoms with Crippen LogP contribution >= 0.6 is 0 Å². The predicted octanol–water partition coefficient (Wildman–Crippen LogP) is 2.51. The van der Waals surface area contributed by atoms with Crippen molar-refractivity contribution in [3.8, 4) is 0 Å². The Morgan fingerprint density at radius 2 is 2.00 bits per heavy atom. The van der Waals surface area contributed by atoms with Crippen molar-refractivity contribution in [1.82, 2.24) is 19.7 Å². The van der Waals surface area contributed by atoms with Crippen LogP contribution < -0.4 is 5.56 Å². The molecule has 26 heavy (non-hydrogen) atoms. The third-order valence-corrected chi connectivity index (χ3v) is 6.07. The first-order valence-electron chi connectivity index (χ1n) is 10.0. The molecule has 3 heterocycles. The summed E-state index contributed by atoms with van der Waals surface area (Å²) in [5.74, 6) is 3.07. The summed E-state index contributed by atoms with van der Waals surface area (Å²) in [6, 6.07) is 1.81. The van der Waals surface area contributed by atoms with Crippen LogP contribution in [0.1, 0.15) is 60.9 Å². The monoisotopic (exact) mass is 354 g/mol. The number of nitrogens with zero attached hydrogens (tertiary/aromatic N) is 4. The van der Waals surface area contributed by atoms with E-state index in [4.69, 9.17) is 4.42 Å². The Morgan fingerprint density at radius 3 is 2.81 bits per heavy atom. The average molecular weight is 354 g/mol. The van der Waals surface area contributed by atoms with Gasteiger partial charge >= 0.3 is 0 Å². The standard InChI is InChI=1S/C20H26N4O2/c25-20-10-16-2-1-3-17(16)22-24(20)12-14-6-8-23(9-7-14)13-19-21-11-18(26-19)15-4-5-15/h10-11,14-15H,1-9,12-13H2. The Morgan fingerprint density at radius 1 is 1.15 bits per heavy atom. The molecule has 0 aromatic carbocycles. The molecule has 6 heteroatoms. The van der Waals surface area contributed by atoms with Crippen LogP contribution in [0, 0.1) is 5.92 Å². The van der Waals surface area contributed by atoms with Gasteiger partial charge in [-0.1, -0.05) is 0 Å². The molecule has 2 aromatic heterocycles. The zero-order valence-corrected chi connectivity index (χ0v) is 15.2. The van der Waals surface area contributed by atoms with E-state index in [0.717, 1.165) is 81.2 Å². The normalized spacial score (nSPS) is 21.2. The number of hydrogen-bond acceptors (Lipinski definition) is 5. The van der Waals surface area contributed by atoms with Gasteiger partial charge in [-0.15, -0.1) is 0 Å². The minimum absolute atomic E-state index is 0.0699. The van der Waals surface area contributed by atoms with E-state index in [1.54, 1.807) is 4.68 Å². The first-order chi connectivity index (χ1) is 12.7. The highest BCUT2D eigenvalue weighted by molar-refractivity contribution is 5.22. The van der Waals surface area contributed by atoms with Crippen LogP contribution in [0.3, 0.4) is 0 Å². The van der Waals surface area contributed by atoms with Crippen molar-refractivity contribution in [1.29, 1.82) is 0 Å². The van der Waals surface area contributed by atoms with E-state index in [0.29, 0.717) is 11.8 Å². The van der Waals surface area contributed by atoms with E-state index in [-0.39, 0.29) is 5.56 Å². The van der Waals surface area contributed by atoms with Gasteiger partial charge in [0.15, 0.2) is 0 Å². The van der Waals surface area contributed by atoms with Crippen molar-refractivity contribution >= 4 is 0 Å². The molecule has 1 aliphatic heterocycles. The van der Waals surface area contributed by atoms with E-state index in [2.05, 4.69) is 15.0 Å². The molecule has 2 aliphatic carbocycles. The Kier molecular flexibility index (Phi) is 4.15. The lowest BCUT2D eigenvalue weighted by Gasteiger charge is -2.31. The minimum atomic E-state index is 0.0699. The van der Waals surface area contributed by atoms with Gasteiger partial charge in [0.1, 0.15) is 5.76 Å². The van der Waals surface area contributed by atoms with Gasteiger partial charge in [-0.05, 0) is 69.5 Å². The molecule has 5 rings (SSSR count). The Hall–Kier alpha value is -1.95. The average Bonchev–Trinajstić information content (AvgIpc) is 3.23. The summed E-state index contributed by atoms with van der Waals surface area (Å²) in [5.41, 5.74) is 2.37. The van der Waals surface area contributed by atoms with E-state index in [9.17, 15) is 4.79 Å². The minimum Gasteiger partial charge on any atom is -0.444 e. The number of aromatic nitrogens is 3. The second-order valence-corrected chi connectivity index (χ2v) is 8.14. The fourth-order valence-corrected chi connectivity index (χ4v) is 4.29. The second-order valence-electron chi connectivity index (χ2n) is 8.14. The molecule has 2 fully saturated rings. The summed E-state index contributed by atoms with van der Waals surface area (Å²) in [5, 5.41) is 4.62. The number of likely N-dealkylation sites (tertiary alicyclic amines) is 1. The Bertz CT molecular complexity index is 844. The molecule has 3 aliphatic rings. The van der Waals surface area contributed by atoms with Crippen molar-refractivity contribution in [3.05, 3.63) is 45.5 Å². The highest BCUT2D eigenvalue weighted by Gasteiger charge is 2.28. The molecule has 0 radical (unpaired) electrons. The van der Waals surface area contributed by atoms with Crippen molar-refractivity contribution in [2.24, 2.45) is 5.92 Å². The largest absolute Gasteiger partial charge is 0.444 e. The van der Waals surface area contributed by atoms with Gasteiger partial charge in [0, 0.05) is 18.5 Å². The smallest absolute Gasteiger partial charge is 0.267 e. The maximum atomic E-state index is 12.3. The first-order valence-corrected chi connectivity index (χ1v) is 10.0. The van der Waals surface area contributed by atoms with Crippen molar-refractivity contribution < 1.29 is 4.42 Å². The molecule has 0 bridgehead atoms. The molecule has 1 saturated carbocycles. The van der Waals surface area contributed by atoms with Gasteiger partial charge in [0.2, 0.25) is 5.89 Å². The Labute approximate surface area is 153 Å². The molecular formula is C20H26N4O2. The van der Waals surface area contributed by atoms with E-state index in [1.165, 1.54) is 12.8 Å². The van der Waals surface area contributed by atoms with Gasteiger partial charge in [0.05, 0.1) is 18.4 Å². The predicted molar refractivity (Wildman–Crippen MR) is 97.0 cm³/mol. The third-order valence-electron chi connectivity index (χ3n) is 6.07. The van der Waals surface area contributed by atoms with Crippen LogP contribution in [0.15, 0.2) is 21.5 Å². The van der Waals surface area contributed by atoms with Crippen LogP contribution in [0.4, 0.5) is 0 Å². The molecule has 6 nitrogen and oxygen atoms in total. The van der Waals surface area contributed by atoms with Crippen LogP contribution in [0.5, 0.6) is 0 Å². The summed E-state index contributed by atoms with van der Waals surface area (Å²) in [6.07, 6.45) is 9.77. The second kappa shape index (κ2) is 6.65. The molecule has 0 N–H and O–H groups in total. The molecule has 1 saturated heterocycles. The quantitative estimate of drug-likeness (QED) is 0.825. The Balaban J connectivity index is 1.16. The summed E-state index contributed by atoms with van der Waals surface area (Å²) < 4.78 is 7.59. The number of oxazole rings is 1. The van der Waals surface area contributed by atoms with E-state index in [1.807, 2.05) is 12.3 Å². The lowest BCUT2D eigenvalue weighted by Crippen LogP contribution is -2.36. The van der Waals surface area contributed by atoms with E-state index >= 15 is 0 Å². The number of hydrogen-bond donors (Lipinski definition) is 0. The van der Waals surface area contributed by atoms with Gasteiger partial charge in [0.25, 0.3) is 5.56 Å². The number of aryl methyl sites for hydroxylation is 2. The molecule has 0 atom stereocenters. The van der Waals surface area contributed by atoms with Crippen LogP contribution in [-0.2, 0) is 25.9 Å². The molecule has 138 valence electrons. The first kappa shape index (κ1) is 16.2. The maximum Gasteiger partial charge on any atom is 0.267 e. The molecular weight excluding hydrogens is 328 g/mol. The van der Waals surface area contributed by atoms with Crippen LogP contribution in [0.2, 0.25) is 0 Å². The molecule has 0 unspecified atom stereocenters. The van der Waals surface area contributed by atoms with Crippen molar-refractivity contribution in [2.45, 2.75) is 64.0 Å². The summed E-state index contributed by atoms with van der Waals surface area (Å²) >= 11 is 0. The summed E-state index contributed by atoms with van der Waals surface area (Å²) in [7, 11) is 0. The van der Waals surface area contributed by atoms with Crippen molar-refractivity contribution in [3.63, 3.8) is 0 Å². The molecule has 0 amide bonds. The highest BCUT2D eigenvalue weighted by atomic mass is 16.4. The summed E-state index contributed by atoms with van der Waals surface area (Å²) in [6.45, 7) is 3.62. The third kappa shape index (κ3) is 3.34. The molecule has 0 spiro atoms. The fraction of sp³-hybridized carbons (Fsp3) is 0.650. The lowest BCUT2D eigenvalue weighted by molar-refractivity contribution is 0.151. The molecule has 2 aromatic rings. The van der Waals surface area contributed by atoms with Gasteiger partial charge in [-0.2, -0.15) is 5.10 Å². The number of rotatable bonds is 5. The van der Waals surface area contributed by atoms with Gasteiger partial charge in [-0.3, -0.25) is 9.69 Å². The lowest BCUT2D eigenvalue weighted by atomic mass is 9.97. The topological polar surface area (TPSA) is 64.2 Å². The maximum absolute atomic E-state index is 12.3. The highest BCUT2D eigenvalue weighted by Crippen LogP contribution is 2.40. The van der Waals surface area contributed by atoms with Crippen LogP contribution in [-0.4, -0.2) is 32.8 Å². The number of piperidine rings is 1. The van der Waals surface area contributed by atoms with E-state index < -0.39 is 0 Å². The fourth-order valence-electron chi connectivity index (χ4n) is 4.29. The van der Waals surface area contributed by atoms with Crippen molar-refractivity contribution in [2.75, 3.05) is 13.1 Å². The SMILES string of the molecule is O=c1cc2c(nn1CC1CCN(Cc3ncc(C4CC4)o3)CC1)CCC2. The van der Waals surface area contributed by atoms with Gasteiger partial charge < -0.3 is 4.42 Å². The van der Waals surface area contributed by atoms with Crippen LogP contribution in [0.25, 0.3) is 0 Å². The zero-order chi connectivity index (χ0) is 17.5. The summed E-state index contributed by atoms with van der Waals surface area (Å²) in [4.78, 5) is 19.1.